The second-order valence-electron chi connectivity index (χ2n) is 3.39. The van der Waals surface area contributed by atoms with Gasteiger partial charge in [0.05, 0.1) is 11.4 Å². The summed E-state index contributed by atoms with van der Waals surface area (Å²) in [5.41, 5.74) is 9.62. The molecular formula is C12H13N3. The van der Waals surface area contributed by atoms with Gasteiger partial charge in [-0.05, 0) is 12.5 Å². The molecule has 0 atom stereocenters. The minimum Gasteiger partial charge on any atom is -0.326 e. The van der Waals surface area contributed by atoms with E-state index in [9.17, 15) is 0 Å². The zero-order valence-corrected chi connectivity index (χ0v) is 8.64. The van der Waals surface area contributed by atoms with Crippen molar-refractivity contribution in [2.45, 2.75) is 13.5 Å². The molecule has 0 aliphatic heterocycles. The second-order valence-corrected chi connectivity index (χ2v) is 3.39. The van der Waals surface area contributed by atoms with E-state index in [1.54, 1.807) is 12.4 Å². The molecule has 0 aliphatic carbocycles. The van der Waals surface area contributed by atoms with Crippen molar-refractivity contribution in [2.24, 2.45) is 5.73 Å². The van der Waals surface area contributed by atoms with E-state index in [0.29, 0.717) is 6.54 Å². The van der Waals surface area contributed by atoms with Crippen LogP contribution in [-0.4, -0.2) is 9.97 Å². The van der Waals surface area contributed by atoms with Crippen LogP contribution in [0.25, 0.3) is 11.3 Å². The molecule has 0 saturated carbocycles. The van der Waals surface area contributed by atoms with E-state index in [0.717, 1.165) is 22.5 Å². The Bertz CT molecular complexity index is 449. The van der Waals surface area contributed by atoms with Crippen molar-refractivity contribution in [3.63, 3.8) is 0 Å². The summed E-state index contributed by atoms with van der Waals surface area (Å²) in [5.74, 6) is 0. The molecule has 1 heterocycles. The van der Waals surface area contributed by atoms with Gasteiger partial charge in [0.1, 0.15) is 0 Å². The maximum Gasteiger partial charge on any atom is 0.0914 e. The number of rotatable bonds is 2. The summed E-state index contributed by atoms with van der Waals surface area (Å²) in [6.45, 7) is 2.53. The lowest BCUT2D eigenvalue weighted by molar-refractivity contribution is 1.07. The molecule has 3 nitrogen and oxygen atoms in total. The van der Waals surface area contributed by atoms with Gasteiger partial charge in [0, 0.05) is 24.5 Å². The van der Waals surface area contributed by atoms with E-state index >= 15 is 0 Å². The lowest BCUT2D eigenvalue weighted by Crippen LogP contribution is -1.96. The van der Waals surface area contributed by atoms with Crippen LogP contribution in [0.2, 0.25) is 0 Å². The summed E-state index contributed by atoms with van der Waals surface area (Å²) >= 11 is 0. The molecule has 3 heteroatoms. The molecule has 0 fully saturated rings. The van der Waals surface area contributed by atoms with Crippen molar-refractivity contribution in [3.8, 4) is 11.3 Å². The normalized spacial score (nSPS) is 10.3. The number of hydrogen-bond donors (Lipinski definition) is 1. The molecule has 0 unspecified atom stereocenters. The topological polar surface area (TPSA) is 51.8 Å². The van der Waals surface area contributed by atoms with Crippen LogP contribution < -0.4 is 5.73 Å². The fraction of sp³-hybridized carbons (Fsp3) is 0.167. The second kappa shape index (κ2) is 4.19. The molecule has 1 aromatic heterocycles. The molecule has 2 rings (SSSR count). The highest BCUT2D eigenvalue weighted by atomic mass is 14.8. The maximum atomic E-state index is 5.54. The quantitative estimate of drug-likeness (QED) is 0.803. The molecule has 0 amide bonds. The molecule has 0 saturated heterocycles. The van der Waals surface area contributed by atoms with Crippen LogP contribution >= 0.6 is 0 Å². The summed E-state index contributed by atoms with van der Waals surface area (Å²) in [6, 6.07) is 8.09. The van der Waals surface area contributed by atoms with Crippen LogP contribution in [0.3, 0.4) is 0 Å². The Kier molecular flexibility index (Phi) is 2.74. The van der Waals surface area contributed by atoms with E-state index < -0.39 is 0 Å². The number of benzene rings is 1. The van der Waals surface area contributed by atoms with Gasteiger partial charge in [-0.3, -0.25) is 9.97 Å². The highest BCUT2D eigenvalue weighted by molar-refractivity contribution is 5.61. The van der Waals surface area contributed by atoms with Crippen LogP contribution in [-0.2, 0) is 6.54 Å². The van der Waals surface area contributed by atoms with Gasteiger partial charge in [0.25, 0.3) is 0 Å². The summed E-state index contributed by atoms with van der Waals surface area (Å²) in [5, 5.41) is 0. The third-order valence-corrected chi connectivity index (χ3v) is 2.34. The van der Waals surface area contributed by atoms with Gasteiger partial charge in [0.2, 0.25) is 0 Å². The summed E-state index contributed by atoms with van der Waals surface area (Å²) in [6.07, 6.45) is 3.41. The zero-order chi connectivity index (χ0) is 10.7. The van der Waals surface area contributed by atoms with Crippen molar-refractivity contribution in [1.29, 1.82) is 0 Å². The number of hydrogen-bond acceptors (Lipinski definition) is 3. The molecular weight excluding hydrogens is 186 g/mol. The first kappa shape index (κ1) is 9.80. The van der Waals surface area contributed by atoms with Crippen molar-refractivity contribution in [1.82, 2.24) is 9.97 Å². The standard InChI is InChI=1S/C12H13N3/c1-9-12(15-7-6-14-9)11-4-2-10(8-13)3-5-11/h2-7H,8,13H2,1H3. The van der Waals surface area contributed by atoms with Crippen molar-refractivity contribution >= 4 is 0 Å². The monoisotopic (exact) mass is 199 g/mol. The predicted octanol–water partition coefficient (Wildman–Crippen LogP) is 1.91. The van der Waals surface area contributed by atoms with E-state index in [1.165, 1.54) is 0 Å². The summed E-state index contributed by atoms with van der Waals surface area (Å²) in [4.78, 5) is 8.52. The molecule has 15 heavy (non-hydrogen) atoms. The largest absolute Gasteiger partial charge is 0.326 e. The third-order valence-electron chi connectivity index (χ3n) is 2.34. The van der Waals surface area contributed by atoms with Gasteiger partial charge >= 0.3 is 0 Å². The highest BCUT2D eigenvalue weighted by Gasteiger charge is 2.02. The molecule has 0 bridgehead atoms. The zero-order valence-electron chi connectivity index (χ0n) is 8.64. The Morgan fingerprint density at radius 2 is 1.73 bits per heavy atom. The average molecular weight is 199 g/mol. The molecule has 2 N–H and O–H groups in total. The summed E-state index contributed by atoms with van der Waals surface area (Å²) < 4.78 is 0. The number of aromatic nitrogens is 2. The number of nitrogens with zero attached hydrogens (tertiary/aromatic N) is 2. The lowest BCUT2D eigenvalue weighted by Gasteiger charge is -2.04. The van der Waals surface area contributed by atoms with Crippen molar-refractivity contribution in [3.05, 3.63) is 47.9 Å². The minimum absolute atomic E-state index is 0.569. The Morgan fingerprint density at radius 1 is 1.07 bits per heavy atom. The van der Waals surface area contributed by atoms with Gasteiger partial charge in [-0.15, -0.1) is 0 Å². The first-order chi connectivity index (χ1) is 7.31. The minimum atomic E-state index is 0.569. The van der Waals surface area contributed by atoms with Crippen LogP contribution in [0.1, 0.15) is 11.3 Å². The van der Waals surface area contributed by atoms with Crippen LogP contribution in [0, 0.1) is 6.92 Å². The Hall–Kier alpha value is -1.74. The fourth-order valence-corrected chi connectivity index (χ4v) is 1.49. The molecule has 0 radical (unpaired) electrons. The van der Waals surface area contributed by atoms with E-state index in [1.807, 2.05) is 31.2 Å². The first-order valence-corrected chi connectivity index (χ1v) is 4.88. The van der Waals surface area contributed by atoms with E-state index in [2.05, 4.69) is 9.97 Å². The third kappa shape index (κ3) is 2.02. The Morgan fingerprint density at radius 3 is 2.33 bits per heavy atom. The number of nitrogens with two attached hydrogens (primary N) is 1. The van der Waals surface area contributed by atoms with Gasteiger partial charge in [-0.25, -0.2) is 0 Å². The van der Waals surface area contributed by atoms with Gasteiger partial charge in [-0.2, -0.15) is 0 Å². The molecule has 0 spiro atoms. The molecule has 0 aliphatic rings. The summed E-state index contributed by atoms with van der Waals surface area (Å²) in [7, 11) is 0. The molecule has 76 valence electrons. The van der Waals surface area contributed by atoms with Crippen LogP contribution in [0.15, 0.2) is 36.7 Å². The van der Waals surface area contributed by atoms with Crippen molar-refractivity contribution in [2.75, 3.05) is 0 Å². The SMILES string of the molecule is Cc1nccnc1-c1ccc(CN)cc1. The Balaban J connectivity index is 2.42. The highest BCUT2D eigenvalue weighted by Crippen LogP contribution is 2.19. The fourth-order valence-electron chi connectivity index (χ4n) is 1.49. The van der Waals surface area contributed by atoms with Gasteiger partial charge in [0.15, 0.2) is 0 Å². The predicted molar refractivity (Wildman–Crippen MR) is 60.1 cm³/mol. The van der Waals surface area contributed by atoms with Crippen LogP contribution in [0.5, 0.6) is 0 Å². The van der Waals surface area contributed by atoms with Crippen LogP contribution in [0.4, 0.5) is 0 Å². The van der Waals surface area contributed by atoms with E-state index in [4.69, 9.17) is 5.73 Å². The van der Waals surface area contributed by atoms with E-state index in [-0.39, 0.29) is 0 Å². The lowest BCUT2D eigenvalue weighted by atomic mass is 10.1. The first-order valence-electron chi connectivity index (χ1n) is 4.88. The average Bonchev–Trinajstić information content (AvgIpc) is 2.30. The van der Waals surface area contributed by atoms with Gasteiger partial charge in [-0.1, -0.05) is 24.3 Å². The molecule has 2 aromatic rings. The molecule has 1 aromatic carbocycles. The van der Waals surface area contributed by atoms with Crippen molar-refractivity contribution < 1.29 is 0 Å². The maximum absolute atomic E-state index is 5.54. The van der Waals surface area contributed by atoms with Gasteiger partial charge < -0.3 is 5.73 Å². The smallest absolute Gasteiger partial charge is 0.0914 e. The number of aryl methyl sites for hydroxylation is 1. The Labute approximate surface area is 89.0 Å².